The molecule has 0 spiro atoms. The van der Waals surface area contributed by atoms with E-state index in [2.05, 4.69) is 15.7 Å². The minimum atomic E-state index is -0.241. The summed E-state index contributed by atoms with van der Waals surface area (Å²) in [6.45, 7) is 5.25. The van der Waals surface area contributed by atoms with Gasteiger partial charge in [-0.2, -0.15) is 5.10 Å². The van der Waals surface area contributed by atoms with Crippen LogP contribution in [0.4, 0.5) is 4.79 Å². The van der Waals surface area contributed by atoms with Crippen LogP contribution in [0.25, 0.3) is 0 Å². The monoisotopic (exact) mass is 306 g/mol. The van der Waals surface area contributed by atoms with Crippen LogP contribution in [0.2, 0.25) is 0 Å². The number of amides is 2. The first kappa shape index (κ1) is 16.1. The number of methoxy groups -OCH3 is 1. The van der Waals surface area contributed by atoms with Gasteiger partial charge in [-0.3, -0.25) is 4.68 Å². The molecule has 2 aromatic rings. The summed E-state index contributed by atoms with van der Waals surface area (Å²) < 4.78 is 12.3. The van der Waals surface area contributed by atoms with Gasteiger partial charge in [0.1, 0.15) is 11.8 Å². The highest BCUT2D eigenvalue weighted by Crippen LogP contribution is 2.20. The van der Waals surface area contributed by atoms with Crippen LogP contribution in [-0.2, 0) is 4.74 Å². The van der Waals surface area contributed by atoms with Gasteiger partial charge in [0.2, 0.25) is 0 Å². The Morgan fingerprint density at radius 3 is 2.86 bits per heavy atom. The molecule has 7 nitrogen and oxygen atoms in total. The van der Waals surface area contributed by atoms with E-state index in [0.717, 1.165) is 17.1 Å². The van der Waals surface area contributed by atoms with Crippen molar-refractivity contribution in [3.05, 3.63) is 41.6 Å². The number of nitrogens with zero attached hydrogens (tertiary/aromatic N) is 2. The van der Waals surface area contributed by atoms with E-state index in [-0.39, 0.29) is 12.1 Å². The van der Waals surface area contributed by atoms with E-state index in [1.165, 1.54) is 0 Å². The van der Waals surface area contributed by atoms with Crippen molar-refractivity contribution in [2.24, 2.45) is 0 Å². The van der Waals surface area contributed by atoms with E-state index in [1.54, 1.807) is 13.4 Å². The van der Waals surface area contributed by atoms with E-state index in [4.69, 9.17) is 9.15 Å². The maximum Gasteiger partial charge on any atom is 0.314 e. The fourth-order valence-electron chi connectivity index (χ4n) is 2.27. The fourth-order valence-corrected chi connectivity index (χ4v) is 2.27. The number of furan rings is 1. The van der Waals surface area contributed by atoms with E-state index < -0.39 is 0 Å². The zero-order valence-electron chi connectivity index (χ0n) is 13.1. The topological polar surface area (TPSA) is 81.3 Å². The van der Waals surface area contributed by atoms with Gasteiger partial charge < -0.3 is 19.8 Å². The maximum absolute atomic E-state index is 11.8. The van der Waals surface area contributed by atoms with Crippen molar-refractivity contribution in [2.75, 3.05) is 26.8 Å². The number of nitrogens with one attached hydrogen (secondary N) is 2. The molecule has 2 aromatic heterocycles. The molecule has 1 unspecified atom stereocenters. The molecule has 0 aliphatic heterocycles. The summed E-state index contributed by atoms with van der Waals surface area (Å²) >= 11 is 0. The Morgan fingerprint density at radius 1 is 1.45 bits per heavy atom. The van der Waals surface area contributed by atoms with Crippen LogP contribution in [0, 0.1) is 13.8 Å². The third-order valence-corrected chi connectivity index (χ3v) is 3.26. The third-order valence-electron chi connectivity index (χ3n) is 3.26. The van der Waals surface area contributed by atoms with Gasteiger partial charge in [-0.15, -0.1) is 0 Å². The SMILES string of the molecule is COCCNC(=O)NCC(c1ccco1)n1nc(C)cc1C. The molecule has 0 saturated carbocycles. The van der Waals surface area contributed by atoms with Gasteiger partial charge in [-0.05, 0) is 32.0 Å². The lowest BCUT2D eigenvalue weighted by Crippen LogP contribution is -2.40. The van der Waals surface area contributed by atoms with Crippen LogP contribution in [0.15, 0.2) is 28.9 Å². The van der Waals surface area contributed by atoms with Gasteiger partial charge in [-0.1, -0.05) is 0 Å². The molecule has 7 heteroatoms. The molecule has 1 atom stereocenters. The van der Waals surface area contributed by atoms with Gasteiger partial charge in [0.25, 0.3) is 0 Å². The Hall–Kier alpha value is -2.28. The Balaban J connectivity index is 2.04. The molecule has 120 valence electrons. The quantitative estimate of drug-likeness (QED) is 0.762. The Bertz CT molecular complexity index is 592. The largest absolute Gasteiger partial charge is 0.467 e. The molecule has 2 rings (SSSR count). The Kier molecular flexibility index (Phi) is 5.60. The lowest BCUT2D eigenvalue weighted by atomic mass is 10.2. The smallest absolute Gasteiger partial charge is 0.314 e. The van der Waals surface area contributed by atoms with Crippen molar-refractivity contribution in [1.82, 2.24) is 20.4 Å². The first-order valence-electron chi connectivity index (χ1n) is 7.18. The first-order valence-corrected chi connectivity index (χ1v) is 7.18. The van der Waals surface area contributed by atoms with Crippen molar-refractivity contribution in [3.63, 3.8) is 0 Å². The number of ether oxygens (including phenoxy) is 1. The molecule has 0 fully saturated rings. The predicted octanol–water partition coefficient (Wildman–Crippen LogP) is 1.63. The molecule has 2 amide bonds. The summed E-state index contributed by atoms with van der Waals surface area (Å²) in [6.07, 6.45) is 1.62. The van der Waals surface area contributed by atoms with E-state index in [9.17, 15) is 4.79 Å². The molecule has 0 aliphatic carbocycles. The van der Waals surface area contributed by atoms with E-state index in [0.29, 0.717) is 19.7 Å². The summed E-state index contributed by atoms with van der Waals surface area (Å²) in [5.41, 5.74) is 1.94. The van der Waals surface area contributed by atoms with Gasteiger partial charge in [-0.25, -0.2) is 4.79 Å². The standard InChI is InChI=1S/C15H22N4O3/c1-11-9-12(2)19(18-11)13(14-5-4-7-22-14)10-17-15(20)16-6-8-21-3/h4-5,7,9,13H,6,8,10H2,1-3H3,(H2,16,17,20). The minimum absolute atomic E-state index is 0.183. The van der Waals surface area contributed by atoms with Crippen LogP contribution in [-0.4, -0.2) is 42.6 Å². The lowest BCUT2D eigenvalue weighted by Gasteiger charge is -2.18. The van der Waals surface area contributed by atoms with Crippen molar-refractivity contribution in [1.29, 1.82) is 0 Å². The summed E-state index contributed by atoms with van der Waals surface area (Å²) in [6, 6.07) is 5.28. The van der Waals surface area contributed by atoms with Gasteiger partial charge >= 0.3 is 6.03 Å². The number of aryl methyl sites for hydroxylation is 2. The molecule has 2 N–H and O–H groups in total. The number of hydrogen-bond acceptors (Lipinski definition) is 4. The fraction of sp³-hybridized carbons (Fsp3) is 0.467. The number of hydrogen-bond donors (Lipinski definition) is 2. The normalized spacial score (nSPS) is 12.1. The zero-order chi connectivity index (χ0) is 15.9. The minimum Gasteiger partial charge on any atom is -0.467 e. The van der Waals surface area contributed by atoms with Crippen LogP contribution < -0.4 is 10.6 Å². The number of urea groups is 1. The molecule has 0 aromatic carbocycles. The summed E-state index contributed by atoms with van der Waals surface area (Å²) in [5.74, 6) is 0.753. The number of carbonyl (C=O) groups excluding carboxylic acids is 1. The average Bonchev–Trinajstić information content (AvgIpc) is 3.10. The highest BCUT2D eigenvalue weighted by molar-refractivity contribution is 5.73. The van der Waals surface area contributed by atoms with E-state index >= 15 is 0 Å². The van der Waals surface area contributed by atoms with Crippen molar-refractivity contribution in [3.8, 4) is 0 Å². The van der Waals surface area contributed by atoms with Gasteiger partial charge in [0.05, 0.1) is 18.6 Å². The average molecular weight is 306 g/mol. The highest BCUT2D eigenvalue weighted by Gasteiger charge is 2.20. The van der Waals surface area contributed by atoms with Crippen molar-refractivity contribution >= 4 is 6.03 Å². The molecule has 22 heavy (non-hydrogen) atoms. The Morgan fingerprint density at radius 2 is 2.27 bits per heavy atom. The van der Waals surface area contributed by atoms with Crippen LogP contribution in [0.3, 0.4) is 0 Å². The molecule has 2 heterocycles. The third kappa shape index (κ3) is 4.11. The predicted molar refractivity (Wildman–Crippen MR) is 81.8 cm³/mol. The second-order valence-corrected chi connectivity index (χ2v) is 5.03. The summed E-state index contributed by atoms with van der Waals surface area (Å²) in [5, 5.41) is 10.0. The van der Waals surface area contributed by atoms with Gasteiger partial charge in [0, 0.05) is 25.9 Å². The number of carbonyl (C=O) groups is 1. The lowest BCUT2D eigenvalue weighted by molar-refractivity contribution is 0.195. The zero-order valence-corrected chi connectivity index (χ0v) is 13.1. The van der Waals surface area contributed by atoms with Crippen molar-refractivity contribution in [2.45, 2.75) is 19.9 Å². The number of aromatic nitrogens is 2. The second kappa shape index (κ2) is 7.65. The molecular weight excluding hydrogens is 284 g/mol. The maximum atomic E-state index is 11.8. The summed E-state index contributed by atoms with van der Waals surface area (Å²) in [7, 11) is 1.59. The van der Waals surface area contributed by atoms with Crippen molar-refractivity contribution < 1.29 is 13.9 Å². The van der Waals surface area contributed by atoms with Crippen LogP contribution >= 0.6 is 0 Å². The molecular formula is C15H22N4O3. The van der Waals surface area contributed by atoms with E-state index in [1.807, 2.05) is 36.7 Å². The molecule has 0 radical (unpaired) electrons. The second-order valence-electron chi connectivity index (χ2n) is 5.03. The highest BCUT2D eigenvalue weighted by atomic mass is 16.5. The number of rotatable bonds is 7. The van der Waals surface area contributed by atoms with Crippen LogP contribution in [0.1, 0.15) is 23.2 Å². The molecule has 0 aliphatic rings. The molecule has 0 bridgehead atoms. The Labute approximate surface area is 129 Å². The molecule has 0 saturated heterocycles. The van der Waals surface area contributed by atoms with Gasteiger partial charge in [0.15, 0.2) is 0 Å². The first-order chi connectivity index (χ1) is 10.6. The van der Waals surface area contributed by atoms with Crippen LogP contribution in [0.5, 0.6) is 0 Å². The summed E-state index contributed by atoms with van der Waals surface area (Å²) in [4.78, 5) is 11.8.